The zero-order valence-electron chi connectivity index (χ0n) is 8.96. The van der Waals surface area contributed by atoms with Crippen LogP contribution in [-0.4, -0.2) is 8.07 Å². The highest BCUT2D eigenvalue weighted by atomic mass is 28.3. The van der Waals surface area contributed by atoms with Gasteiger partial charge in [0.2, 0.25) is 0 Å². The number of pyridine rings is 1. The van der Waals surface area contributed by atoms with E-state index in [-0.39, 0.29) is 0 Å². The molecule has 1 rings (SSSR count). The van der Waals surface area contributed by atoms with Crippen molar-refractivity contribution in [2.45, 2.75) is 38.7 Å². The molecule has 0 aromatic carbocycles. The van der Waals surface area contributed by atoms with Crippen LogP contribution in [0.3, 0.4) is 0 Å². The normalized spacial score (nSPS) is 11.6. The highest BCUT2D eigenvalue weighted by Gasteiger charge is 2.12. The zero-order valence-corrected chi connectivity index (χ0v) is 9.96. The molecule has 1 nitrogen and oxygen atoms in total. The molecule has 1 aromatic heterocycles. The quantitative estimate of drug-likeness (QED) is 0.512. The lowest BCUT2D eigenvalue weighted by Gasteiger charge is -2.13. The van der Waals surface area contributed by atoms with Crippen molar-refractivity contribution in [3.8, 4) is 0 Å². The van der Waals surface area contributed by atoms with Crippen LogP contribution in [0.4, 0.5) is 0 Å². The lowest BCUT2D eigenvalue weighted by molar-refractivity contribution is -0.697. The van der Waals surface area contributed by atoms with Crippen LogP contribution in [0.5, 0.6) is 0 Å². The number of aromatic nitrogens is 1. The summed E-state index contributed by atoms with van der Waals surface area (Å²) in [5.74, 6) is 0. The molecule has 0 amide bonds. The fraction of sp³-hybridized carbons (Fsp3) is 0.545. The second-order valence-electron chi connectivity index (χ2n) is 4.78. The first kappa shape index (κ1) is 10.4. The Bertz CT molecular complexity index is 238. The van der Waals surface area contributed by atoms with Crippen molar-refractivity contribution in [3.05, 3.63) is 30.6 Å². The first-order valence-corrected chi connectivity index (χ1v) is 8.73. The van der Waals surface area contributed by atoms with Gasteiger partial charge in [-0.05, 0) is 0 Å². The molecule has 0 N–H and O–H groups in total. The van der Waals surface area contributed by atoms with Gasteiger partial charge in [0, 0.05) is 26.6 Å². The van der Waals surface area contributed by atoms with Gasteiger partial charge in [0.25, 0.3) is 0 Å². The lowest BCUT2D eigenvalue weighted by Crippen LogP contribution is -2.33. The second kappa shape index (κ2) is 4.56. The monoisotopic (exact) mass is 194 g/mol. The standard InChI is InChI=1S/C11H20NSi/c1-13(2,3)11-7-10-12-8-5-4-6-9-12/h4-6,8-9H,7,10-11H2,1-3H3/q+1. The Hall–Kier alpha value is -0.633. The predicted molar refractivity (Wildman–Crippen MR) is 59.4 cm³/mol. The molecular weight excluding hydrogens is 174 g/mol. The summed E-state index contributed by atoms with van der Waals surface area (Å²) in [7, 11) is -0.824. The van der Waals surface area contributed by atoms with E-state index in [1.54, 1.807) is 0 Å². The third kappa shape index (κ3) is 4.83. The van der Waals surface area contributed by atoms with Crippen LogP contribution in [0.25, 0.3) is 0 Å². The first-order chi connectivity index (χ1) is 6.08. The second-order valence-corrected chi connectivity index (χ2v) is 10.4. The van der Waals surface area contributed by atoms with Crippen LogP contribution < -0.4 is 4.57 Å². The number of hydrogen-bond acceptors (Lipinski definition) is 0. The summed E-state index contributed by atoms with van der Waals surface area (Å²) in [6.07, 6.45) is 5.61. The van der Waals surface area contributed by atoms with Crippen LogP contribution in [0.1, 0.15) is 6.42 Å². The van der Waals surface area contributed by atoms with Crippen molar-refractivity contribution < 1.29 is 4.57 Å². The summed E-state index contributed by atoms with van der Waals surface area (Å²) in [5.41, 5.74) is 0. The van der Waals surface area contributed by atoms with Gasteiger partial charge < -0.3 is 0 Å². The topological polar surface area (TPSA) is 3.88 Å². The van der Waals surface area contributed by atoms with Crippen molar-refractivity contribution >= 4 is 8.07 Å². The predicted octanol–water partition coefficient (Wildman–Crippen LogP) is 2.70. The van der Waals surface area contributed by atoms with Gasteiger partial charge in [-0.3, -0.25) is 0 Å². The Morgan fingerprint density at radius 2 is 1.62 bits per heavy atom. The van der Waals surface area contributed by atoms with Crippen LogP contribution in [0.15, 0.2) is 30.6 Å². The van der Waals surface area contributed by atoms with Gasteiger partial charge in [0.1, 0.15) is 6.54 Å². The lowest BCUT2D eigenvalue weighted by atomic mass is 10.4. The van der Waals surface area contributed by atoms with E-state index in [2.05, 4.69) is 54.8 Å². The molecule has 0 bridgehead atoms. The van der Waals surface area contributed by atoms with Crippen LogP contribution in [0, 0.1) is 0 Å². The number of rotatable bonds is 4. The minimum absolute atomic E-state index is 0.824. The molecule has 0 spiro atoms. The summed E-state index contributed by atoms with van der Waals surface area (Å²) >= 11 is 0. The van der Waals surface area contributed by atoms with E-state index in [4.69, 9.17) is 0 Å². The molecule has 0 radical (unpaired) electrons. The Kier molecular flexibility index (Phi) is 3.67. The maximum Gasteiger partial charge on any atom is 0.168 e. The van der Waals surface area contributed by atoms with Gasteiger partial charge in [-0.2, -0.15) is 0 Å². The highest BCUT2D eigenvalue weighted by molar-refractivity contribution is 6.76. The summed E-state index contributed by atoms with van der Waals surface area (Å²) in [4.78, 5) is 0. The van der Waals surface area contributed by atoms with Crippen molar-refractivity contribution in [1.29, 1.82) is 0 Å². The molecule has 0 aliphatic heterocycles. The van der Waals surface area contributed by atoms with E-state index in [1.807, 2.05) is 0 Å². The smallest absolute Gasteiger partial charge is 0.168 e. The molecule has 0 aliphatic rings. The first-order valence-electron chi connectivity index (χ1n) is 5.02. The molecule has 1 heterocycles. The van der Waals surface area contributed by atoms with E-state index in [0.717, 1.165) is 0 Å². The van der Waals surface area contributed by atoms with E-state index >= 15 is 0 Å². The van der Waals surface area contributed by atoms with Gasteiger partial charge in [0.15, 0.2) is 12.4 Å². The fourth-order valence-corrected chi connectivity index (χ4v) is 2.59. The SMILES string of the molecule is C[Si](C)(C)CCC[n+]1ccccc1. The fourth-order valence-electron chi connectivity index (χ4n) is 1.38. The molecule has 0 atom stereocenters. The Balaban J connectivity index is 2.29. The van der Waals surface area contributed by atoms with Gasteiger partial charge in [0.05, 0.1) is 0 Å². The van der Waals surface area contributed by atoms with Crippen molar-refractivity contribution in [1.82, 2.24) is 0 Å². The Morgan fingerprint density at radius 1 is 1.00 bits per heavy atom. The van der Waals surface area contributed by atoms with Gasteiger partial charge in [-0.25, -0.2) is 4.57 Å². The molecule has 0 aliphatic carbocycles. The molecule has 1 aromatic rings. The van der Waals surface area contributed by atoms with Gasteiger partial charge >= 0.3 is 0 Å². The third-order valence-electron chi connectivity index (χ3n) is 2.12. The highest BCUT2D eigenvalue weighted by Crippen LogP contribution is 2.10. The summed E-state index contributed by atoms with van der Waals surface area (Å²) < 4.78 is 2.26. The molecule has 0 unspecified atom stereocenters. The Labute approximate surface area is 82.4 Å². The molecule has 0 fully saturated rings. The summed E-state index contributed by atoms with van der Waals surface area (Å²) in [6.45, 7) is 8.47. The molecular formula is C11H20NSi+. The molecule has 13 heavy (non-hydrogen) atoms. The largest absolute Gasteiger partial charge is 0.205 e. The van der Waals surface area contributed by atoms with Crippen molar-refractivity contribution in [2.24, 2.45) is 0 Å². The van der Waals surface area contributed by atoms with E-state index in [0.29, 0.717) is 0 Å². The average Bonchev–Trinajstić information content (AvgIpc) is 2.04. The minimum atomic E-state index is -0.824. The molecule has 72 valence electrons. The maximum absolute atomic E-state index is 2.43. The van der Waals surface area contributed by atoms with Crippen LogP contribution in [-0.2, 0) is 6.54 Å². The summed E-state index contributed by atoms with van der Waals surface area (Å²) in [6, 6.07) is 7.67. The van der Waals surface area contributed by atoms with Crippen molar-refractivity contribution in [2.75, 3.05) is 0 Å². The number of nitrogens with zero attached hydrogens (tertiary/aromatic N) is 1. The third-order valence-corrected chi connectivity index (χ3v) is 3.97. The van der Waals surface area contributed by atoms with E-state index < -0.39 is 8.07 Å². The summed E-state index contributed by atoms with van der Waals surface area (Å²) in [5, 5.41) is 0. The number of hydrogen-bond donors (Lipinski definition) is 0. The number of aryl methyl sites for hydroxylation is 1. The van der Waals surface area contributed by atoms with Crippen molar-refractivity contribution in [3.63, 3.8) is 0 Å². The van der Waals surface area contributed by atoms with E-state index in [9.17, 15) is 0 Å². The van der Waals surface area contributed by atoms with E-state index in [1.165, 1.54) is 19.0 Å². The van der Waals surface area contributed by atoms with Gasteiger partial charge in [-0.15, -0.1) is 0 Å². The van der Waals surface area contributed by atoms with Crippen LogP contribution >= 0.6 is 0 Å². The molecule has 2 heteroatoms. The minimum Gasteiger partial charge on any atom is -0.205 e. The van der Waals surface area contributed by atoms with Gasteiger partial charge in [-0.1, -0.05) is 31.8 Å². The Morgan fingerprint density at radius 3 is 2.15 bits per heavy atom. The molecule has 0 saturated heterocycles. The molecule has 0 saturated carbocycles. The van der Waals surface area contributed by atoms with Crippen LogP contribution in [0.2, 0.25) is 25.7 Å². The maximum atomic E-state index is 2.43. The average molecular weight is 194 g/mol. The zero-order chi connectivity index (χ0) is 9.73.